The number of hydrogen-bond acceptors (Lipinski definition) is 2. The van der Waals surface area contributed by atoms with Gasteiger partial charge in [0.05, 0.1) is 5.69 Å². The van der Waals surface area contributed by atoms with Gasteiger partial charge in [-0.3, -0.25) is 10.1 Å². The first-order valence-corrected chi connectivity index (χ1v) is 6.31. The summed E-state index contributed by atoms with van der Waals surface area (Å²) < 4.78 is 0. The van der Waals surface area contributed by atoms with E-state index in [0.29, 0.717) is 0 Å². The topological polar surface area (TPSA) is 41.6 Å². The van der Waals surface area contributed by atoms with Crippen LogP contribution in [0.1, 0.15) is 16.8 Å². The lowest BCUT2D eigenvalue weighted by atomic mass is 10.1. The number of rotatable bonds is 3. The summed E-state index contributed by atoms with van der Waals surface area (Å²) in [5, 5.41) is 7.45. The standard InChI is InChI=1S/C16H15N3/c1-12-7-13(11-17-10-12)8-15-9-16(19-18-15)14-5-3-2-4-6-14/h2-7,9-11H,8H2,1H3,(H,18,19). The molecule has 1 aromatic carbocycles. The quantitative estimate of drug-likeness (QED) is 0.773. The summed E-state index contributed by atoms with van der Waals surface area (Å²) in [6.45, 7) is 2.05. The predicted molar refractivity (Wildman–Crippen MR) is 75.8 cm³/mol. The zero-order valence-corrected chi connectivity index (χ0v) is 10.8. The van der Waals surface area contributed by atoms with Crippen molar-refractivity contribution < 1.29 is 0 Å². The predicted octanol–water partition coefficient (Wildman–Crippen LogP) is 3.37. The van der Waals surface area contributed by atoms with Gasteiger partial charge in [-0.25, -0.2) is 0 Å². The summed E-state index contributed by atoms with van der Waals surface area (Å²) in [5.74, 6) is 0. The number of pyridine rings is 1. The first-order valence-electron chi connectivity index (χ1n) is 6.31. The third-order valence-corrected chi connectivity index (χ3v) is 3.03. The molecular weight excluding hydrogens is 234 g/mol. The van der Waals surface area contributed by atoms with E-state index >= 15 is 0 Å². The van der Waals surface area contributed by atoms with Crippen LogP contribution in [0.2, 0.25) is 0 Å². The van der Waals surface area contributed by atoms with E-state index in [0.717, 1.165) is 23.4 Å². The lowest BCUT2D eigenvalue weighted by Gasteiger charge is -1.99. The Morgan fingerprint density at radius 3 is 2.68 bits per heavy atom. The number of benzene rings is 1. The summed E-state index contributed by atoms with van der Waals surface area (Å²) in [4.78, 5) is 4.21. The third-order valence-electron chi connectivity index (χ3n) is 3.03. The number of nitrogens with zero attached hydrogens (tertiary/aromatic N) is 2. The molecule has 0 spiro atoms. The fraction of sp³-hybridized carbons (Fsp3) is 0.125. The summed E-state index contributed by atoms with van der Waals surface area (Å²) in [6.07, 6.45) is 4.59. The van der Waals surface area contributed by atoms with Crippen LogP contribution in [-0.2, 0) is 6.42 Å². The Kier molecular flexibility index (Phi) is 3.11. The second-order valence-corrected chi connectivity index (χ2v) is 4.69. The van der Waals surface area contributed by atoms with Crippen molar-refractivity contribution in [1.29, 1.82) is 0 Å². The first kappa shape index (κ1) is 11.7. The Morgan fingerprint density at radius 1 is 1.05 bits per heavy atom. The van der Waals surface area contributed by atoms with Gasteiger partial charge in [-0.05, 0) is 24.1 Å². The maximum Gasteiger partial charge on any atom is 0.0923 e. The van der Waals surface area contributed by atoms with Gasteiger partial charge in [0.15, 0.2) is 0 Å². The highest BCUT2D eigenvalue weighted by Crippen LogP contribution is 2.18. The Morgan fingerprint density at radius 2 is 1.89 bits per heavy atom. The van der Waals surface area contributed by atoms with Crippen LogP contribution in [0.15, 0.2) is 54.9 Å². The number of H-pyrrole nitrogens is 1. The fourth-order valence-corrected chi connectivity index (χ4v) is 2.14. The minimum absolute atomic E-state index is 0.828. The molecule has 0 aliphatic heterocycles. The van der Waals surface area contributed by atoms with E-state index in [1.165, 1.54) is 11.1 Å². The molecule has 0 aliphatic carbocycles. The van der Waals surface area contributed by atoms with Gasteiger partial charge in [0.2, 0.25) is 0 Å². The van der Waals surface area contributed by atoms with Crippen molar-refractivity contribution in [3.8, 4) is 11.3 Å². The molecule has 2 aromatic heterocycles. The third kappa shape index (κ3) is 2.71. The zero-order chi connectivity index (χ0) is 13.1. The molecule has 3 nitrogen and oxygen atoms in total. The van der Waals surface area contributed by atoms with Crippen LogP contribution in [0.5, 0.6) is 0 Å². The Balaban J connectivity index is 1.82. The molecule has 0 unspecified atom stereocenters. The van der Waals surface area contributed by atoms with Gasteiger partial charge in [0, 0.05) is 30.1 Å². The minimum atomic E-state index is 0.828. The Bertz CT molecular complexity index is 671. The SMILES string of the molecule is Cc1cncc(Cc2cc(-c3ccccc3)n[nH]2)c1. The molecule has 94 valence electrons. The van der Waals surface area contributed by atoms with Gasteiger partial charge in [-0.15, -0.1) is 0 Å². The second kappa shape index (κ2) is 5.06. The average molecular weight is 249 g/mol. The average Bonchev–Trinajstić information content (AvgIpc) is 2.88. The molecule has 3 rings (SSSR count). The highest BCUT2D eigenvalue weighted by Gasteiger charge is 2.04. The molecule has 2 heterocycles. The van der Waals surface area contributed by atoms with E-state index in [2.05, 4.69) is 46.4 Å². The summed E-state index contributed by atoms with van der Waals surface area (Å²) in [6, 6.07) is 14.4. The van der Waals surface area contributed by atoms with Crippen LogP contribution in [0.4, 0.5) is 0 Å². The molecular formula is C16H15N3. The van der Waals surface area contributed by atoms with Crippen LogP contribution in [0.25, 0.3) is 11.3 Å². The van der Waals surface area contributed by atoms with Crippen LogP contribution in [0, 0.1) is 6.92 Å². The van der Waals surface area contributed by atoms with E-state index < -0.39 is 0 Å². The molecule has 1 N–H and O–H groups in total. The summed E-state index contributed by atoms with van der Waals surface area (Å²) in [5.41, 5.74) is 5.60. The molecule has 0 bridgehead atoms. The Hall–Kier alpha value is -2.42. The van der Waals surface area contributed by atoms with Crippen LogP contribution < -0.4 is 0 Å². The van der Waals surface area contributed by atoms with Gasteiger partial charge >= 0.3 is 0 Å². The monoisotopic (exact) mass is 249 g/mol. The Labute approximate surface area is 112 Å². The molecule has 0 saturated carbocycles. The van der Waals surface area contributed by atoms with E-state index in [1.54, 1.807) is 0 Å². The summed E-state index contributed by atoms with van der Waals surface area (Å²) in [7, 11) is 0. The van der Waals surface area contributed by atoms with Crippen LogP contribution in [0.3, 0.4) is 0 Å². The van der Waals surface area contributed by atoms with E-state index in [4.69, 9.17) is 0 Å². The molecule has 0 saturated heterocycles. The highest BCUT2D eigenvalue weighted by molar-refractivity contribution is 5.59. The fourth-order valence-electron chi connectivity index (χ4n) is 2.14. The minimum Gasteiger partial charge on any atom is -0.282 e. The van der Waals surface area contributed by atoms with E-state index in [1.807, 2.05) is 30.6 Å². The second-order valence-electron chi connectivity index (χ2n) is 4.69. The number of hydrogen-bond donors (Lipinski definition) is 1. The molecule has 0 atom stereocenters. The summed E-state index contributed by atoms with van der Waals surface area (Å²) >= 11 is 0. The molecule has 3 heteroatoms. The van der Waals surface area contributed by atoms with Gasteiger partial charge in [-0.2, -0.15) is 5.10 Å². The van der Waals surface area contributed by atoms with Crippen molar-refractivity contribution in [3.63, 3.8) is 0 Å². The maximum absolute atomic E-state index is 4.36. The van der Waals surface area contributed by atoms with E-state index in [-0.39, 0.29) is 0 Å². The molecule has 0 amide bonds. The van der Waals surface area contributed by atoms with Gasteiger partial charge in [-0.1, -0.05) is 36.4 Å². The van der Waals surface area contributed by atoms with Crippen molar-refractivity contribution >= 4 is 0 Å². The number of aryl methyl sites for hydroxylation is 1. The van der Waals surface area contributed by atoms with Crippen LogP contribution >= 0.6 is 0 Å². The zero-order valence-electron chi connectivity index (χ0n) is 10.8. The van der Waals surface area contributed by atoms with Gasteiger partial charge in [0.25, 0.3) is 0 Å². The van der Waals surface area contributed by atoms with Crippen molar-refractivity contribution in [2.45, 2.75) is 13.3 Å². The number of aromatic nitrogens is 3. The van der Waals surface area contributed by atoms with Crippen molar-refractivity contribution in [3.05, 3.63) is 71.7 Å². The number of nitrogens with one attached hydrogen (secondary N) is 1. The smallest absolute Gasteiger partial charge is 0.0923 e. The molecule has 0 fully saturated rings. The molecule has 0 radical (unpaired) electrons. The largest absolute Gasteiger partial charge is 0.282 e. The lowest BCUT2D eigenvalue weighted by Crippen LogP contribution is -1.90. The van der Waals surface area contributed by atoms with Crippen LogP contribution in [-0.4, -0.2) is 15.2 Å². The first-order chi connectivity index (χ1) is 9.31. The van der Waals surface area contributed by atoms with Gasteiger partial charge < -0.3 is 0 Å². The molecule has 19 heavy (non-hydrogen) atoms. The number of aromatic amines is 1. The highest BCUT2D eigenvalue weighted by atomic mass is 15.1. The maximum atomic E-state index is 4.36. The van der Waals surface area contributed by atoms with Crippen molar-refractivity contribution in [1.82, 2.24) is 15.2 Å². The molecule has 0 aliphatic rings. The van der Waals surface area contributed by atoms with Crippen molar-refractivity contribution in [2.24, 2.45) is 0 Å². The van der Waals surface area contributed by atoms with E-state index in [9.17, 15) is 0 Å². The van der Waals surface area contributed by atoms with Crippen molar-refractivity contribution in [2.75, 3.05) is 0 Å². The normalized spacial score (nSPS) is 10.6. The van der Waals surface area contributed by atoms with Gasteiger partial charge in [0.1, 0.15) is 0 Å². The molecule has 3 aromatic rings. The lowest BCUT2D eigenvalue weighted by molar-refractivity contribution is 0.990.